The number of hydrogen-bond acceptors (Lipinski definition) is 5. The third-order valence-electron chi connectivity index (χ3n) is 4.21. The van der Waals surface area contributed by atoms with E-state index in [1.54, 1.807) is 0 Å². The standard InChI is InChI=1S/C18H34O5/c1-2-3-4-5-6-7-8-9-10-11-12-22-18-16(21)14-23-17(18)15(20)13-19/h9-10,15-21H,2-8,11-14H2,1H3/b10-9+/t15-,16+,17+,18+/m1/s1. The molecule has 1 heterocycles. The van der Waals surface area contributed by atoms with Crippen molar-refractivity contribution in [3.05, 3.63) is 12.2 Å². The van der Waals surface area contributed by atoms with Gasteiger partial charge >= 0.3 is 0 Å². The summed E-state index contributed by atoms with van der Waals surface area (Å²) in [6, 6.07) is 0. The van der Waals surface area contributed by atoms with Crippen molar-refractivity contribution in [2.75, 3.05) is 19.8 Å². The highest BCUT2D eigenvalue weighted by Crippen LogP contribution is 2.21. The summed E-state index contributed by atoms with van der Waals surface area (Å²) in [6.07, 6.45) is 11.0. The summed E-state index contributed by atoms with van der Waals surface area (Å²) >= 11 is 0. The number of rotatable bonds is 13. The molecule has 0 aromatic heterocycles. The van der Waals surface area contributed by atoms with Crippen molar-refractivity contribution in [3.63, 3.8) is 0 Å². The Labute approximate surface area is 140 Å². The molecule has 0 bridgehead atoms. The zero-order valence-corrected chi connectivity index (χ0v) is 14.4. The molecule has 0 radical (unpaired) electrons. The fraction of sp³-hybridized carbons (Fsp3) is 0.889. The summed E-state index contributed by atoms with van der Waals surface area (Å²) in [5.41, 5.74) is 0. The lowest BCUT2D eigenvalue weighted by Crippen LogP contribution is -2.42. The van der Waals surface area contributed by atoms with Gasteiger partial charge in [-0.3, -0.25) is 0 Å². The molecule has 5 heteroatoms. The molecule has 1 aliphatic heterocycles. The SMILES string of the molecule is CCCCCCCC/C=C/CCO[C@@H]1[C@H]([C@H](O)CO)OC[C@@H]1O. The van der Waals surface area contributed by atoms with Crippen LogP contribution in [0.1, 0.15) is 58.3 Å². The molecule has 1 aliphatic rings. The molecule has 0 saturated carbocycles. The van der Waals surface area contributed by atoms with E-state index in [1.807, 2.05) is 0 Å². The molecule has 5 nitrogen and oxygen atoms in total. The normalized spacial score (nSPS) is 26.2. The smallest absolute Gasteiger partial charge is 0.114 e. The van der Waals surface area contributed by atoms with Gasteiger partial charge in [0.25, 0.3) is 0 Å². The largest absolute Gasteiger partial charge is 0.394 e. The molecule has 0 aromatic carbocycles. The lowest BCUT2D eigenvalue weighted by Gasteiger charge is -2.23. The first kappa shape index (κ1) is 20.6. The fourth-order valence-electron chi connectivity index (χ4n) is 2.81. The van der Waals surface area contributed by atoms with E-state index in [0.717, 1.165) is 12.8 Å². The first-order chi connectivity index (χ1) is 11.2. The highest BCUT2D eigenvalue weighted by Gasteiger charge is 2.40. The maximum Gasteiger partial charge on any atom is 0.114 e. The highest BCUT2D eigenvalue weighted by molar-refractivity contribution is 4.89. The van der Waals surface area contributed by atoms with E-state index in [2.05, 4.69) is 19.1 Å². The van der Waals surface area contributed by atoms with Crippen LogP contribution >= 0.6 is 0 Å². The van der Waals surface area contributed by atoms with Crippen molar-refractivity contribution in [2.45, 2.75) is 82.7 Å². The summed E-state index contributed by atoms with van der Waals surface area (Å²) in [6.45, 7) is 2.45. The van der Waals surface area contributed by atoms with Crippen LogP contribution in [-0.2, 0) is 9.47 Å². The van der Waals surface area contributed by atoms with Crippen LogP contribution in [0.4, 0.5) is 0 Å². The van der Waals surface area contributed by atoms with E-state index in [9.17, 15) is 10.2 Å². The Morgan fingerprint density at radius 1 is 1.13 bits per heavy atom. The topological polar surface area (TPSA) is 79.2 Å². The second-order valence-corrected chi connectivity index (χ2v) is 6.27. The minimum Gasteiger partial charge on any atom is -0.394 e. The molecule has 136 valence electrons. The molecule has 1 rings (SSSR count). The monoisotopic (exact) mass is 330 g/mol. The summed E-state index contributed by atoms with van der Waals surface area (Å²) < 4.78 is 10.9. The van der Waals surface area contributed by atoms with Crippen LogP contribution < -0.4 is 0 Å². The van der Waals surface area contributed by atoms with Gasteiger partial charge in [-0.15, -0.1) is 0 Å². The van der Waals surface area contributed by atoms with Gasteiger partial charge < -0.3 is 24.8 Å². The Bertz CT molecular complexity index is 308. The molecule has 4 atom stereocenters. The van der Waals surface area contributed by atoms with Crippen molar-refractivity contribution >= 4 is 0 Å². The molecule has 3 N–H and O–H groups in total. The van der Waals surface area contributed by atoms with Crippen molar-refractivity contribution in [3.8, 4) is 0 Å². The summed E-state index contributed by atoms with van der Waals surface area (Å²) in [5.74, 6) is 0. The molecular weight excluding hydrogens is 296 g/mol. The van der Waals surface area contributed by atoms with Gasteiger partial charge in [-0.05, 0) is 19.3 Å². The van der Waals surface area contributed by atoms with E-state index < -0.39 is 31.0 Å². The lowest BCUT2D eigenvalue weighted by molar-refractivity contribution is -0.0924. The van der Waals surface area contributed by atoms with Gasteiger partial charge in [-0.1, -0.05) is 51.2 Å². The maximum atomic E-state index is 9.80. The zero-order chi connectivity index (χ0) is 16.9. The van der Waals surface area contributed by atoms with E-state index in [4.69, 9.17) is 14.6 Å². The average molecular weight is 330 g/mol. The first-order valence-electron chi connectivity index (χ1n) is 9.05. The molecule has 0 spiro atoms. The zero-order valence-electron chi connectivity index (χ0n) is 14.4. The van der Waals surface area contributed by atoms with E-state index in [1.165, 1.54) is 38.5 Å². The summed E-state index contributed by atoms with van der Waals surface area (Å²) in [5, 5.41) is 28.4. The molecule has 1 fully saturated rings. The summed E-state index contributed by atoms with van der Waals surface area (Å²) in [4.78, 5) is 0. The van der Waals surface area contributed by atoms with Gasteiger partial charge in [0.05, 0.1) is 19.8 Å². The van der Waals surface area contributed by atoms with Gasteiger partial charge in [0.1, 0.15) is 24.4 Å². The Morgan fingerprint density at radius 2 is 1.83 bits per heavy atom. The van der Waals surface area contributed by atoms with Crippen molar-refractivity contribution in [2.24, 2.45) is 0 Å². The third kappa shape index (κ3) is 8.27. The molecule has 23 heavy (non-hydrogen) atoms. The second-order valence-electron chi connectivity index (χ2n) is 6.27. The van der Waals surface area contributed by atoms with Crippen molar-refractivity contribution in [1.29, 1.82) is 0 Å². The maximum absolute atomic E-state index is 9.80. The van der Waals surface area contributed by atoms with E-state index in [-0.39, 0.29) is 6.61 Å². The number of ether oxygens (including phenoxy) is 2. The summed E-state index contributed by atoms with van der Waals surface area (Å²) in [7, 11) is 0. The Hall–Kier alpha value is -0.460. The van der Waals surface area contributed by atoms with Gasteiger partial charge in [0, 0.05) is 0 Å². The van der Waals surface area contributed by atoms with Crippen LogP contribution in [0.2, 0.25) is 0 Å². The predicted molar refractivity (Wildman–Crippen MR) is 90.3 cm³/mol. The Balaban J connectivity index is 2.06. The Morgan fingerprint density at radius 3 is 2.57 bits per heavy atom. The van der Waals surface area contributed by atoms with Crippen LogP contribution in [0.15, 0.2) is 12.2 Å². The second kappa shape index (κ2) is 12.9. The third-order valence-corrected chi connectivity index (χ3v) is 4.21. The fourth-order valence-corrected chi connectivity index (χ4v) is 2.81. The van der Waals surface area contributed by atoms with Gasteiger partial charge in [0.15, 0.2) is 0 Å². The van der Waals surface area contributed by atoms with E-state index >= 15 is 0 Å². The molecule has 0 aliphatic carbocycles. The highest BCUT2D eigenvalue weighted by atomic mass is 16.6. The number of aliphatic hydroxyl groups is 3. The lowest BCUT2D eigenvalue weighted by atomic mass is 10.1. The number of aliphatic hydroxyl groups excluding tert-OH is 3. The number of unbranched alkanes of at least 4 members (excludes halogenated alkanes) is 6. The van der Waals surface area contributed by atoms with Crippen molar-refractivity contribution in [1.82, 2.24) is 0 Å². The van der Waals surface area contributed by atoms with Crippen LogP contribution in [0, 0.1) is 0 Å². The average Bonchev–Trinajstić information content (AvgIpc) is 2.93. The minimum atomic E-state index is -1.01. The molecule has 0 amide bonds. The Kier molecular flexibility index (Phi) is 11.5. The van der Waals surface area contributed by atoms with Crippen molar-refractivity contribution < 1.29 is 24.8 Å². The minimum absolute atomic E-state index is 0.139. The number of hydrogen-bond donors (Lipinski definition) is 3. The molecular formula is C18H34O5. The van der Waals surface area contributed by atoms with Crippen LogP contribution in [0.5, 0.6) is 0 Å². The van der Waals surface area contributed by atoms with Gasteiger partial charge in [-0.2, -0.15) is 0 Å². The first-order valence-corrected chi connectivity index (χ1v) is 9.05. The molecule has 0 unspecified atom stereocenters. The van der Waals surface area contributed by atoms with Crippen LogP contribution in [0.3, 0.4) is 0 Å². The van der Waals surface area contributed by atoms with Gasteiger partial charge in [-0.25, -0.2) is 0 Å². The van der Waals surface area contributed by atoms with Crippen LogP contribution in [-0.4, -0.2) is 59.6 Å². The quantitative estimate of drug-likeness (QED) is 0.356. The molecule has 1 saturated heterocycles. The van der Waals surface area contributed by atoms with Crippen LogP contribution in [0.25, 0.3) is 0 Å². The number of allylic oxidation sites excluding steroid dienone is 1. The van der Waals surface area contributed by atoms with Gasteiger partial charge in [0.2, 0.25) is 0 Å². The predicted octanol–water partition coefficient (Wildman–Crippen LogP) is 2.18. The molecule has 0 aromatic rings. The van der Waals surface area contributed by atoms with E-state index in [0.29, 0.717) is 6.61 Å².